The van der Waals surface area contributed by atoms with Gasteiger partial charge in [0.05, 0.1) is 23.4 Å². The molecule has 0 bridgehead atoms. The van der Waals surface area contributed by atoms with Crippen LogP contribution in [0.1, 0.15) is 16.8 Å². The van der Waals surface area contributed by atoms with E-state index in [1.165, 1.54) is 18.1 Å². The highest BCUT2D eigenvalue weighted by molar-refractivity contribution is 9.10. The molecule has 19 heavy (non-hydrogen) atoms. The maximum absolute atomic E-state index is 11.8. The van der Waals surface area contributed by atoms with Crippen molar-refractivity contribution in [3.63, 3.8) is 0 Å². The van der Waals surface area contributed by atoms with Gasteiger partial charge in [-0.05, 0) is 28.1 Å². The molecule has 1 amide bonds. The maximum Gasteiger partial charge on any atom is 0.337 e. The lowest BCUT2D eigenvalue weighted by atomic mass is 10.2. The van der Waals surface area contributed by atoms with Crippen LogP contribution in [0.4, 0.5) is 5.69 Å². The Bertz CT molecular complexity index is 527. The molecule has 5 nitrogen and oxygen atoms in total. The second-order valence-electron chi connectivity index (χ2n) is 4.25. The Hall–Kier alpha value is -1.11. The Balaban J connectivity index is 2.43. The highest BCUT2D eigenvalue weighted by atomic mass is 79.9. The van der Waals surface area contributed by atoms with E-state index in [1.54, 1.807) is 6.07 Å². The fraction of sp³-hybridized carbons (Fsp3) is 0.333. The van der Waals surface area contributed by atoms with Crippen molar-refractivity contribution in [2.75, 3.05) is 18.6 Å². The van der Waals surface area contributed by atoms with Gasteiger partial charge in [0, 0.05) is 23.5 Å². The van der Waals surface area contributed by atoms with Crippen LogP contribution >= 0.6 is 27.5 Å². The lowest BCUT2D eigenvalue weighted by Crippen LogP contribution is -2.28. The van der Waals surface area contributed by atoms with Crippen molar-refractivity contribution < 1.29 is 14.3 Å². The van der Waals surface area contributed by atoms with Gasteiger partial charge >= 0.3 is 5.97 Å². The summed E-state index contributed by atoms with van der Waals surface area (Å²) in [5, 5.41) is 0.303. The molecule has 0 spiro atoms. The number of anilines is 1. The molecule has 1 atom stereocenters. The van der Waals surface area contributed by atoms with Crippen LogP contribution in [-0.4, -0.2) is 31.6 Å². The van der Waals surface area contributed by atoms with Crippen LogP contribution in [-0.2, 0) is 9.53 Å². The molecule has 1 unspecified atom stereocenters. The Kier molecular flexibility index (Phi) is 4.13. The molecule has 1 aliphatic rings. The third kappa shape index (κ3) is 2.75. The van der Waals surface area contributed by atoms with Gasteiger partial charge in [-0.2, -0.15) is 0 Å². The van der Waals surface area contributed by atoms with Gasteiger partial charge < -0.3 is 15.4 Å². The second-order valence-corrected chi connectivity index (χ2v) is 5.51. The molecule has 1 fully saturated rings. The molecule has 0 saturated carbocycles. The van der Waals surface area contributed by atoms with Crippen molar-refractivity contribution in [2.24, 2.45) is 5.73 Å². The van der Waals surface area contributed by atoms with Crippen LogP contribution in [0.15, 0.2) is 16.6 Å². The fourth-order valence-corrected chi connectivity index (χ4v) is 3.12. The summed E-state index contributed by atoms with van der Waals surface area (Å²) in [6, 6.07) is 2.85. The van der Waals surface area contributed by atoms with Crippen LogP contribution < -0.4 is 10.6 Å². The number of rotatable bonds is 2. The number of benzene rings is 1. The normalized spacial score (nSPS) is 18.8. The van der Waals surface area contributed by atoms with Gasteiger partial charge in [-0.1, -0.05) is 11.6 Å². The Morgan fingerprint density at radius 1 is 1.58 bits per heavy atom. The predicted octanol–water partition coefficient (Wildman–Crippen LogP) is 1.95. The van der Waals surface area contributed by atoms with E-state index in [1.807, 2.05) is 0 Å². The largest absolute Gasteiger partial charge is 0.465 e. The lowest BCUT2D eigenvalue weighted by molar-refractivity contribution is -0.117. The third-order valence-electron chi connectivity index (χ3n) is 2.86. The summed E-state index contributed by atoms with van der Waals surface area (Å²) in [6.45, 7) is 0.411. The SMILES string of the molecule is COC(=O)c1cc(Cl)c(N2CC(N)CC2=O)c(Br)c1. The molecular weight excluding hydrogens is 336 g/mol. The number of nitrogens with two attached hydrogens (primary N) is 1. The van der Waals surface area contributed by atoms with Crippen molar-refractivity contribution >= 4 is 45.1 Å². The highest BCUT2D eigenvalue weighted by Crippen LogP contribution is 2.37. The van der Waals surface area contributed by atoms with Crippen molar-refractivity contribution in [1.82, 2.24) is 0 Å². The molecule has 1 aliphatic heterocycles. The highest BCUT2D eigenvalue weighted by Gasteiger charge is 2.31. The summed E-state index contributed by atoms with van der Waals surface area (Å²) in [4.78, 5) is 24.8. The number of methoxy groups -OCH3 is 1. The first kappa shape index (κ1) is 14.3. The third-order valence-corrected chi connectivity index (χ3v) is 3.76. The van der Waals surface area contributed by atoms with Crippen molar-refractivity contribution in [2.45, 2.75) is 12.5 Å². The van der Waals surface area contributed by atoms with Gasteiger partial charge in [0.15, 0.2) is 0 Å². The summed E-state index contributed by atoms with van der Waals surface area (Å²) in [5.74, 6) is -0.570. The number of carbonyl (C=O) groups excluding carboxylic acids is 2. The number of hydrogen-bond donors (Lipinski definition) is 1. The Labute approximate surface area is 123 Å². The van der Waals surface area contributed by atoms with Crippen molar-refractivity contribution in [1.29, 1.82) is 0 Å². The van der Waals surface area contributed by atoms with E-state index in [0.29, 0.717) is 33.7 Å². The van der Waals surface area contributed by atoms with Gasteiger partial charge in [-0.25, -0.2) is 4.79 Å². The minimum absolute atomic E-state index is 0.0825. The summed E-state index contributed by atoms with van der Waals surface area (Å²) in [5.41, 5.74) is 6.61. The second kappa shape index (κ2) is 5.48. The van der Waals surface area contributed by atoms with E-state index in [-0.39, 0.29) is 11.9 Å². The monoisotopic (exact) mass is 346 g/mol. The number of amides is 1. The van der Waals surface area contributed by atoms with E-state index >= 15 is 0 Å². The molecular formula is C12H12BrClN2O3. The van der Waals surface area contributed by atoms with Gasteiger partial charge in [0.25, 0.3) is 0 Å². The average molecular weight is 348 g/mol. The molecule has 0 radical (unpaired) electrons. The van der Waals surface area contributed by atoms with Crippen LogP contribution in [0.2, 0.25) is 5.02 Å². The van der Waals surface area contributed by atoms with Gasteiger partial charge in [-0.15, -0.1) is 0 Å². The predicted molar refractivity (Wildman–Crippen MR) is 75.4 cm³/mol. The topological polar surface area (TPSA) is 72.6 Å². The number of nitrogens with zero attached hydrogens (tertiary/aromatic N) is 1. The summed E-state index contributed by atoms with van der Waals surface area (Å²) in [7, 11) is 1.29. The quantitative estimate of drug-likeness (QED) is 0.830. The van der Waals surface area contributed by atoms with E-state index in [2.05, 4.69) is 20.7 Å². The first-order chi connectivity index (χ1) is 8.93. The zero-order valence-electron chi connectivity index (χ0n) is 10.2. The molecule has 1 aromatic rings. The van der Waals surface area contributed by atoms with E-state index < -0.39 is 5.97 Å². The minimum atomic E-state index is -0.487. The first-order valence-electron chi connectivity index (χ1n) is 5.57. The van der Waals surface area contributed by atoms with Gasteiger partial charge in [0.2, 0.25) is 5.91 Å². The van der Waals surface area contributed by atoms with Crippen LogP contribution in [0, 0.1) is 0 Å². The molecule has 1 aromatic carbocycles. The Morgan fingerprint density at radius 2 is 2.26 bits per heavy atom. The van der Waals surface area contributed by atoms with E-state index in [9.17, 15) is 9.59 Å². The maximum atomic E-state index is 11.8. The molecule has 7 heteroatoms. The zero-order valence-corrected chi connectivity index (χ0v) is 12.5. The molecule has 2 N–H and O–H groups in total. The van der Waals surface area contributed by atoms with Crippen LogP contribution in [0.3, 0.4) is 0 Å². The lowest BCUT2D eigenvalue weighted by Gasteiger charge is -2.20. The molecule has 0 aliphatic carbocycles. The molecule has 102 valence electrons. The van der Waals surface area contributed by atoms with Crippen LogP contribution in [0.25, 0.3) is 0 Å². The fourth-order valence-electron chi connectivity index (χ4n) is 2.01. The number of hydrogen-bond acceptors (Lipinski definition) is 4. The summed E-state index contributed by atoms with van der Waals surface area (Å²) >= 11 is 9.48. The zero-order chi connectivity index (χ0) is 14.2. The molecule has 0 aromatic heterocycles. The van der Waals surface area contributed by atoms with Gasteiger partial charge in [-0.3, -0.25) is 4.79 Å². The summed E-state index contributed by atoms with van der Waals surface area (Å²) in [6.07, 6.45) is 0.293. The van der Waals surface area contributed by atoms with E-state index in [4.69, 9.17) is 17.3 Å². The molecule has 1 saturated heterocycles. The van der Waals surface area contributed by atoms with Crippen LogP contribution in [0.5, 0.6) is 0 Å². The minimum Gasteiger partial charge on any atom is -0.465 e. The van der Waals surface area contributed by atoms with E-state index in [0.717, 1.165) is 0 Å². The number of esters is 1. The first-order valence-corrected chi connectivity index (χ1v) is 6.74. The standard InChI is InChI=1S/C12H12BrClN2O3/c1-19-12(18)6-2-8(13)11(9(14)3-6)16-5-7(15)4-10(16)17/h2-3,7H,4-5,15H2,1H3. The average Bonchev–Trinajstić information content (AvgIpc) is 2.66. The Morgan fingerprint density at radius 3 is 2.74 bits per heavy atom. The number of halogens is 2. The number of carbonyl (C=O) groups is 2. The molecule has 1 heterocycles. The molecule has 2 rings (SSSR count). The smallest absolute Gasteiger partial charge is 0.337 e. The summed E-state index contributed by atoms with van der Waals surface area (Å²) < 4.78 is 5.19. The van der Waals surface area contributed by atoms with Crippen molar-refractivity contribution in [3.05, 3.63) is 27.2 Å². The van der Waals surface area contributed by atoms with Gasteiger partial charge in [0.1, 0.15) is 0 Å². The van der Waals surface area contributed by atoms with Crippen molar-refractivity contribution in [3.8, 4) is 0 Å². The number of ether oxygens (including phenoxy) is 1.